The normalized spacial score (nSPS) is 16.7. The second-order valence-corrected chi connectivity index (χ2v) is 5.18. The predicted molar refractivity (Wildman–Crippen MR) is 75.1 cm³/mol. The molecule has 0 aliphatic carbocycles. The Balaban J connectivity index is 1.74. The minimum atomic E-state index is -0.992. The first-order chi connectivity index (χ1) is 10.1. The summed E-state index contributed by atoms with van der Waals surface area (Å²) in [7, 11) is 0. The fraction of sp³-hybridized carbons (Fsp3) is 0.533. The van der Waals surface area contributed by atoms with E-state index < -0.39 is 17.7 Å². The van der Waals surface area contributed by atoms with Crippen molar-refractivity contribution in [3.63, 3.8) is 0 Å². The van der Waals surface area contributed by atoms with Crippen molar-refractivity contribution in [2.45, 2.75) is 25.9 Å². The van der Waals surface area contributed by atoms with Crippen molar-refractivity contribution in [3.05, 3.63) is 29.8 Å². The van der Waals surface area contributed by atoms with Gasteiger partial charge in [-0.15, -0.1) is 0 Å². The number of likely N-dealkylation sites (tertiary alicyclic amines) is 1. The number of amides is 1. The first kappa shape index (κ1) is 15.7. The Labute approximate surface area is 123 Å². The third-order valence-corrected chi connectivity index (χ3v) is 3.50. The Hall–Kier alpha value is -1.69. The summed E-state index contributed by atoms with van der Waals surface area (Å²) >= 11 is 0. The van der Waals surface area contributed by atoms with Gasteiger partial charge < -0.3 is 15.0 Å². The molecule has 0 unspecified atom stereocenters. The van der Waals surface area contributed by atoms with Crippen molar-refractivity contribution < 1.29 is 18.3 Å². The van der Waals surface area contributed by atoms with Crippen LogP contribution in [0.15, 0.2) is 18.2 Å². The standard InChI is InChI=1S/C15H20F2N2O2/c1-11(21-12-4-5-13(16)14(17)10-12)15(20)18-6-9-19-7-2-3-8-19/h4-5,10-11H,2-3,6-9H2,1H3,(H,18,20)/t11-/m0/s1. The van der Waals surface area contributed by atoms with Gasteiger partial charge in [0, 0.05) is 19.2 Å². The van der Waals surface area contributed by atoms with Crippen LogP contribution in [0.5, 0.6) is 5.75 Å². The maximum absolute atomic E-state index is 13.0. The number of carbonyl (C=O) groups is 1. The van der Waals surface area contributed by atoms with E-state index in [-0.39, 0.29) is 11.7 Å². The average molecular weight is 298 g/mol. The molecule has 1 aliphatic heterocycles. The van der Waals surface area contributed by atoms with Gasteiger partial charge in [0.1, 0.15) is 5.75 Å². The van der Waals surface area contributed by atoms with Crippen LogP contribution in [0.4, 0.5) is 8.78 Å². The summed E-state index contributed by atoms with van der Waals surface area (Å²) in [5, 5.41) is 2.78. The van der Waals surface area contributed by atoms with Gasteiger partial charge in [-0.25, -0.2) is 8.78 Å². The molecular weight excluding hydrogens is 278 g/mol. The topological polar surface area (TPSA) is 41.6 Å². The van der Waals surface area contributed by atoms with E-state index >= 15 is 0 Å². The largest absolute Gasteiger partial charge is 0.481 e. The molecule has 1 saturated heterocycles. The molecule has 1 fully saturated rings. The maximum Gasteiger partial charge on any atom is 0.260 e. The highest BCUT2D eigenvalue weighted by Crippen LogP contribution is 2.16. The zero-order valence-electron chi connectivity index (χ0n) is 12.1. The van der Waals surface area contributed by atoms with Crippen molar-refractivity contribution in [1.29, 1.82) is 0 Å². The predicted octanol–water partition coefficient (Wildman–Crippen LogP) is 1.94. The summed E-state index contributed by atoms with van der Waals surface area (Å²) in [5.74, 6) is -2.06. The van der Waals surface area contributed by atoms with Gasteiger partial charge in [0.2, 0.25) is 0 Å². The third-order valence-electron chi connectivity index (χ3n) is 3.50. The second-order valence-electron chi connectivity index (χ2n) is 5.18. The van der Waals surface area contributed by atoms with E-state index in [0.717, 1.165) is 31.8 Å². The van der Waals surface area contributed by atoms with Gasteiger partial charge >= 0.3 is 0 Å². The summed E-state index contributed by atoms with van der Waals surface area (Å²) in [6.45, 7) is 5.12. The zero-order valence-corrected chi connectivity index (χ0v) is 12.1. The smallest absolute Gasteiger partial charge is 0.260 e. The summed E-state index contributed by atoms with van der Waals surface area (Å²) < 4.78 is 31.1. The van der Waals surface area contributed by atoms with E-state index in [4.69, 9.17) is 4.74 Å². The first-order valence-corrected chi connectivity index (χ1v) is 7.18. The molecule has 0 radical (unpaired) electrons. The maximum atomic E-state index is 13.0. The highest BCUT2D eigenvalue weighted by Gasteiger charge is 2.16. The van der Waals surface area contributed by atoms with Crippen LogP contribution in [0, 0.1) is 11.6 Å². The summed E-state index contributed by atoms with van der Waals surface area (Å²) in [6.07, 6.45) is 1.67. The number of nitrogens with one attached hydrogen (secondary N) is 1. The second kappa shape index (κ2) is 7.36. The minimum absolute atomic E-state index is 0.135. The summed E-state index contributed by atoms with van der Waals surface area (Å²) in [4.78, 5) is 14.1. The number of benzene rings is 1. The molecule has 1 atom stereocenters. The van der Waals surface area contributed by atoms with E-state index in [2.05, 4.69) is 10.2 Å². The monoisotopic (exact) mass is 298 g/mol. The highest BCUT2D eigenvalue weighted by atomic mass is 19.2. The van der Waals surface area contributed by atoms with Crippen LogP contribution in [0.25, 0.3) is 0 Å². The van der Waals surface area contributed by atoms with Crippen LogP contribution < -0.4 is 10.1 Å². The molecule has 1 aliphatic rings. The molecule has 0 aromatic heterocycles. The fourth-order valence-electron chi connectivity index (χ4n) is 2.29. The minimum Gasteiger partial charge on any atom is -0.481 e. The van der Waals surface area contributed by atoms with E-state index in [0.29, 0.717) is 6.54 Å². The lowest BCUT2D eigenvalue weighted by molar-refractivity contribution is -0.127. The molecule has 2 rings (SSSR count). The number of hydrogen-bond acceptors (Lipinski definition) is 3. The van der Waals surface area contributed by atoms with Crippen molar-refractivity contribution in [2.75, 3.05) is 26.2 Å². The molecule has 1 aromatic carbocycles. The van der Waals surface area contributed by atoms with Crippen molar-refractivity contribution in [2.24, 2.45) is 0 Å². The molecule has 0 spiro atoms. The van der Waals surface area contributed by atoms with Crippen LogP contribution >= 0.6 is 0 Å². The van der Waals surface area contributed by atoms with E-state index in [1.54, 1.807) is 6.92 Å². The highest BCUT2D eigenvalue weighted by molar-refractivity contribution is 5.80. The van der Waals surface area contributed by atoms with Crippen LogP contribution in [-0.2, 0) is 4.79 Å². The Morgan fingerprint density at radius 2 is 2.05 bits per heavy atom. The third kappa shape index (κ3) is 4.67. The van der Waals surface area contributed by atoms with Gasteiger partial charge in [0.25, 0.3) is 5.91 Å². The van der Waals surface area contributed by atoms with E-state index in [9.17, 15) is 13.6 Å². The number of ether oxygens (including phenoxy) is 1. The Morgan fingerprint density at radius 3 is 2.71 bits per heavy atom. The molecule has 0 saturated carbocycles. The quantitative estimate of drug-likeness (QED) is 0.873. The van der Waals surface area contributed by atoms with Crippen LogP contribution in [0.1, 0.15) is 19.8 Å². The van der Waals surface area contributed by atoms with Gasteiger partial charge in [-0.1, -0.05) is 0 Å². The molecule has 1 amide bonds. The van der Waals surface area contributed by atoms with Gasteiger partial charge in [-0.05, 0) is 45.0 Å². The average Bonchev–Trinajstić information content (AvgIpc) is 2.96. The molecule has 0 bridgehead atoms. The van der Waals surface area contributed by atoms with Gasteiger partial charge in [-0.3, -0.25) is 4.79 Å². The molecule has 1 aromatic rings. The van der Waals surface area contributed by atoms with Gasteiger partial charge in [-0.2, -0.15) is 0 Å². The SMILES string of the molecule is C[C@H](Oc1ccc(F)c(F)c1)C(=O)NCCN1CCCC1. The molecule has 21 heavy (non-hydrogen) atoms. The Bertz CT molecular complexity index is 491. The number of halogens is 2. The van der Waals surface area contributed by atoms with Crippen LogP contribution in [0.3, 0.4) is 0 Å². The molecule has 116 valence electrons. The van der Waals surface area contributed by atoms with Crippen molar-refractivity contribution in [1.82, 2.24) is 10.2 Å². The van der Waals surface area contributed by atoms with Crippen molar-refractivity contribution in [3.8, 4) is 5.75 Å². The molecule has 1 N–H and O–H groups in total. The molecule has 4 nitrogen and oxygen atoms in total. The molecular formula is C15H20F2N2O2. The number of hydrogen-bond donors (Lipinski definition) is 1. The van der Waals surface area contributed by atoms with Crippen LogP contribution in [0.2, 0.25) is 0 Å². The lowest BCUT2D eigenvalue weighted by atomic mass is 10.3. The lowest BCUT2D eigenvalue weighted by Gasteiger charge is -2.17. The summed E-state index contributed by atoms with van der Waals surface area (Å²) in [5.41, 5.74) is 0. The van der Waals surface area contributed by atoms with Gasteiger partial charge in [0.05, 0.1) is 0 Å². The Kier molecular flexibility index (Phi) is 5.50. The molecule has 1 heterocycles. The van der Waals surface area contributed by atoms with E-state index in [1.807, 2.05) is 0 Å². The number of rotatable bonds is 6. The Morgan fingerprint density at radius 1 is 1.33 bits per heavy atom. The van der Waals surface area contributed by atoms with Crippen LogP contribution in [-0.4, -0.2) is 43.1 Å². The number of carbonyl (C=O) groups excluding carboxylic acids is 1. The lowest BCUT2D eigenvalue weighted by Crippen LogP contribution is -2.40. The summed E-state index contributed by atoms with van der Waals surface area (Å²) in [6, 6.07) is 3.21. The number of nitrogens with zero attached hydrogens (tertiary/aromatic N) is 1. The van der Waals surface area contributed by atoms with E-state index in [1.165, 1.54) is 18.9 Å². The molecule has 6 heteroatoms. The van der Waals surface area contributed by atoms with Gasteiger partial charge in [0.15, 0.2) is 17.7 Å². The fourth-order valence-corrected chi connectivity index (χ4v) is 2.29. The zero-order chi connectivity index (χ0) is 15.2. The first-order valence-electron chi connectivity index (χ1n) is 7.18. The van der Waals surface area contributed by atoms with Crippen molar-refractivity contribution >= 4 is 5.91 Å².